The van der Waals surface area contributed by atoms with Gasteiger partial charge >= 0.3 is 0 Å². The standard InChI is InChI=1S/C18H25NO2Si/c1-5-10-19-16-9-7-6-8-15(16)18(17(19)20)11-14(21-13-18)12-22(2,3)4/h5-9,14H,1,10-13H2,2-4H3/t14-,18-/m1/s1. The summed E-state index contributed by atoms with van der Waals surface area (Å²) in [5.41, 5.74) is 1.70. The second kappa shape index (κ2) is 5.35. The van der Waals surface area contributed by atoms with Crippen molar-refractivity contribution in [2.75, 3.05) is 18.1 Å². The lowest BCUT2D eigenvalue weighted by Crippen LogP contribution is -2.41. The summed E-state index contributed by atoms with van der Waals surface area (Å²) in [5.74, 6) is 0.187. The molecule has 1 fully saturated rings. The number of fused-ring (bicyclic) bond motifs is 2. The Morgan fingerprint density at radius 2 is 2.14 bits per heavy atom. The largest absolute Gasteiger partial charge is 0.377 e. The summed E-state index contributed by atoms with van der Waals surface area (Å²) in [6.07, 6.45) is 2.83. The predicted octanol–water partition coefficient (Wildman–Crippen LogP) is 3.58. The Hall–Kier alpha value is -1.39. The Kier molecular flexibility index (Phi) is 3.77. The first-order valence-electron chi connectivity index (χ1n) is 8.01. The average molecular weight is 315 g/mol. The number of benzene rings is 1. The van der Waals surface area contributed by atoms with Gasteiger partial charge in [0.25, 0.3) is 0 Å². The molecule has 2 atom stereocenters. The van der Waals surface area contributed by atoms with Gasteiger partial charge in [-0.25, -0.2) is 0 Å². The molecular weight excluding hydrogens is 290 g/mol. The van der Waals surface area contributed by atoms with Crippen LogP contribution in [0.15, 0.2) is 36.9 Å². The van der Waals surface area contributed by atoms with Crippen molar-refractivity contribution in [1.82, 2.24) is 0 Å². The Labute approximate surface area is 134 Å². The number of nitrogens with zero attached hydrogens (tertiary/aromatic N) is 1. The van der Waals surface area contributed by atoms with E-state index in [1.807, 2.05) is 23.1 Å². The van der Waals surface area contributed by atoms with Gasteiger partial charge in [-0.05, 0) is 24.1 Å². The lowest BCUT2D eigenvalue weighted by Gasteiger charge is -2.23. The maximum atomic E-state index is 13.1. The molecule has 1 saturated heterocycles. The highest BCUT2D eigenvalue weighted by Gasteiger charge is 2.55. The highest BCUT2D eigenvalue weighted by molar-refractivity contribution is 6.76. The maximum absolute atomic E-state index is 13.1. The molecule has 0 radical (unpaired) electrons. The van der Waals surface area contributed by atoms with E-state index in [0.717, 1.165) is 23.7 Å². The Morgan fingerprint density at radius 1 is 1.41 bits per heavy atom. The van der Waals surface area contributed by atoms with Crippen molar-refractivity contribution < 1.29 is 9.53 Å². The normalized spacial score (nSPS) is 27.5. The van der Waals surface area contributed by atoms with Crippen LogP contribution >= 0.6 is 0 Å². The molecule has 2 aliphatic rings. The number of ether oxygens (including phenoxy) is 1. The summed E-state index contributed by atoms with van der Waals surface area (Å²) < 4.78 is 6.08. The van der Waals surface area contributed by atoms with Crippen molar-refractivity contribution in [3.63, 3.8) is 0 Å². The topological polar surface area (TPSA) is 29.5 Å². The fourth-order valence-electron chi connectivity index (χ4n) is 3.82. The molecule has 0 N–H and O–H groups in total. The summed E-state index contributed by atoms with van der Waals surface area (Å²) in [7, 11) is -1.20. The van der Waals surface area contributed by atoms with Crippen molar-refractivity contribution in [3.8, 4) is 0 Å². The van der Waals surface area contributed by atoms with Crippen molar-refractivity contribution in [2.24, 2.45) is 0 Å². The summed E-state index contributed by atoms with van der Waals surface area (Å²) in [6, 6.07) is 9.27. The van der Waals surface area contributed by atoms with E-state index in [0.29, 0.717) is 13.2 Å². The molecule has 0 bridgehead atoms. The maximum Gasteiger partial charge on any atom is 0.240 e. The molecule has 118 valence electrons. The molecule has 4 heteroatoms. The summed E-state index contributed by atoms with van der Waals surface area (Å²) in [5, 5.41) is 0. The molecular formula is C18H25NO2Si. The quantitative estimate of drug-likeness (QED) is 0.628. The van der Waals surface area contributed by atoms with Crippen LogP contribution in [-0.4, -0.2) is 33.2 Å². The van der Waals surface area contributed by atoms with Crippen LogP contribution in [0.5, 0.6) is 0 Å². The van der Waals surface area contributed by atoms with Crippen LogP contribution in [0, 0.1) is 0 Å². The molecule has 0 aromatic heterocycles. The van der Waals surface area contributed by atoms with E-state index in [4.69, 9.17) is 4.74 Å². The molecule has 2 heterocycles. The third-order valence-electron chi connectivity index (χ3n) is 4.66. The average Bonchev–Trinajstić information content (AvgIpc) is 2.95. The van der Waals surface area contributed by atoms with Crippen molar-refractivity contribution in [1.29, 1.82) is 0 Å². The Bertz CT molecular complexity index is 607. The fourth-order valence-corrected chi connectivity index (χ4v) is 5.45. The Balaban J connectivity index is 1.94. The first-order valence-corrected chi connectivity index (χ1v) is 11.7. The molecule has 1 aromatic carbocycles. The molecule has 22 heavy (non-hydrogen) atoms. The summed E-state index contributed by atoms with van der Waals surface area (Å²) >= 11 is 0. The van der Waals surface area contributed by atoms with Gasteiger partial charge < -0.3 is 9.64 Å². The zero-order valence-electron chi connectivity index (χ0n) is 13.8. The molecule has 1 spiro atoms. The van der Waals surface area contributed by atoms with Crippen LogP contribution in [0.4, 0.5) is 5.69 Å². The van der Waals surface area contributed by atoms with Crippen molar-refractivity contribution in [3.05, 3.63) is 42.5 Å². The van der Waals surface area contributed by atoms with Gasteiger partial charge in [0.2, 0.25) is 5.91 Å². The molecule has 1 amide bonds. The smallest absolute Gasteiger partial charge is 0.240 e. The van der Waals surface area contributed by atoms with E-state index < -0.39 is 13.5 Å². The van der Waals surface area contributed by atoms with Gasteiger partial charge in [-0.15, -0.1) is 6.58 Å². The minimum Gasteiger partial charge on any atom is -0.377 e. The minimum atomic E-state index is -1.20. The summed E-state index contributed by atoms with van der Waals surface area (Å²) in [4.78, 5) is 15.0. The number of hydrogen-bond acceptors (Lipinski definition) is 2. The van der Waals surface area contributed by atoms with Gasteiger partial charge in [0, 0.05) is 20.3 Å². The van der Waals surface area contributed by atoms with Gasteiger partial charge in [-0.3, -0.25) is 4.79 Å². The van der Waals surface area contributed by atoms with Crippen molar-refractivity contribution >= 4 is 19.7 Å². The number of hydrogen-bond donors (Lipinski definition) is 0. The van der Waals surface area contributed by atoms with Gasteiger partial charge in [-0.2, -0.15) is 0 Å². The third-order valence-corrected chi connectivity index (χ3v) is 6.34. The molecule has 3 rings (SSSR count). The van der Waals surface area contributed by atoms with E-state index in [2.05, 4.69) is 32.3 Å². The van der Waals surface area contributed by atoms with Gasteiger partial charge in [0.05, 0.1) is 12.7 Å². The first-order chi connectivity index (χ1) is 10.4. The molecule has 0 unspecified atom stereocenters. The number of anilines is 1. The van der Waals surface area contributed by atoms with E-state index in [1.165, 1.54) is 0 Å². The van der Waals surface area contributed by atoms with Crippen LogP contribution < -0.4 is 4.90 Å². The second-order valence-electron chi connectivity index (χ2n) is 7.71. The zero-order valence-corrected chi connectivity index (χ0v) is 14.8. The lowest BCUT2D eigenvalue weighted by atomic mass is 9.80. The second-order valence-corrected chi connectivity index (χ2v) is 13.2. The van der Waals surface area contributed by atoms with E-state index in [1.54, 1.807) is 6.08 Å². The number of amides is 1. The highest BCUT2D eigenvalue weighted by atomic mass is 28.3. The minimum absolute atomic E-state index is 0.187. The summed E-state index contributed by atoms with van der Waals surface area (Å²) in [6.45, 7) is 11.9. The Morgan fingerprint density at radius 3 is 2.82 bits per heavy atom. The van der Waals surface area contributed by atoms with E-state index >= 15 is 0 Å². The van der Waals surface area contributed by atoms with Crippen LogP contribution in [0.25, 0.3) is 0 Å². The number of rotatable bonds is 4. The van der Waals surface area contributed by atoms with E-state index in [9.17, 15) is 4.79 Å². The molecule has 0 saturated carbocycles. The van der Waals surface area contributed by atoms with Crippen molar-refractivity contribution in [2.45, 2.75) is 43.6 Å². The number of carbonyl (C=O) groups is 1. The highest BCUT2D eigenvalue weighted by Crippen LogP contribution is 2.49. The number of para-hydroxylation sites is 1. The van der Waals surface area contributed by atoms with Gasteiger partial charge in [-0.1, -0.05) is 43.9 Å². The predicted molar refractivity (Wildman–Crippen MR) is 93.2 cm³/mol. The van der Waals surface area contributed by atoms with E-state index in [-0.39, 0.29) is 12.0 Å². The number of carbonyl (C=O) groups excluding carboxylic acids is 1. The fraction of sp³-hybridized carbons (Fsp3) is 0.500. The molecule has 0 aliphatic carbocycles. The monoisotopic (exact) mass is 315 g/mol. The van der Waals surface area contributed by atoms with Gasteiger partial charge in [0.1, 0.15) is 5.41 Å². The van der Waals surface area contributed by atoms with Crippen LogP contribution in [0.2, 0.25) is 25.7 Å². The van der Waals surface area contributed by atoms with Crippen LogP contribution in [0.3, 0.4) is 0 Å². The lowest BCUT2D eigenvalue weighted by molar-refractivity contribution is -0.123. The molecule has 1 aromatic rings. The zero-order chi connectivity index (χ0) is 16.0. The van der Waals surface area contributed by atoms with Gasteiger partial charge in [0.15, 0.2) is 0 Å². The molecule has 3 nitrogen and oxygen atoms in total. The third kappa shape index (κ3) is 2.44. The SMILES string of the molecule is C=CCN1C(=O)[C@]2(CO[C@@H](C[Si](C)(C)C)C2)c2ccccc21. The van der Waals surface area contributed by atoms with Crippen LogP contribution in [-0.2, 0) is 14.9 Å². The molecule has 2 aliphatic heterocycles. The first kappa shape index (κ1) is 15.5. The van der Waals surface area contributed by atoms with Crippen LogP contribution in [0.1, 0.15) is 12.0 Å².